The number of carbonyl (C=O) groups is 1. The summed E-state index contributed by atoms with van der Waals surface area (Å²) in [5, 5.41) is 12.4. The van der Waals surface area contributed by atoms with Crippen molar-refractivity contribution in [1.82, 2.24) is 34.4 Å². The lowest BCUT2D eigenvalue weighted by atomic mass is 9.98. The SMILES string of the molecule is Cc1snnc1C(=O)N1Cc2nnn(C)c2[C@@H](COCCN2CCCC2)C1. The van der Waals surface area contributed by atoms with E-state index in [0.29, 0.717) is 32.0 Å². The van der Waals surface area contributed by atoms with Gasteiger partial charge in [-0.3, -0.25) is 9.48 Å². The fourth-order valence-electron chi connectivity index (χ4n) is 3.91. The van der Waals surface area contributed by atoms with E-state index in [-0.39, 0.29) is 11.8 Å². The second-order valence-corrected chi connectivity index (χ2v) is 8.19. The van der Waals surface area contributed by atoms with Crippen LogP contribution in [0, 0.1) is 6.92 Å². The van der Waals surface area contributed by atoms with E-state index < -0.39 is 0 Å². The van der Waals surface area contributed by atoms with E-state index in [1.54, 1.807) is 9.58 Å². The molecule has 2 aliphatic heterocycles. The second kappa shape index (κ2) is 7.99. The van der Waals surface area contributed by atoms with Crippen LogP contribution in [-0.4, -0.2) is 79.7 Å². The molecule has 0 bridgehead atoms. The first-order valence-electron chi connectivity index (χ1n) is 9.40. The van der Waals surface area contributed by atoms with Gasteiger partial charge in [-0.25, -0.2) is 0 Å². The third-order valence-electron chi connectivity index (χ3n) is 5.32. The maximum absolute atomic E-state index is 12.9. The van der Waals surface area contributed by atoms with E-state index in [1.165, 1.54) is 37.5 Å². The summed E-state index contributed by atoms with van der Waals surface area (Å²) in [5.41, 5.74) is 2.33. The number of hydrogen-bond donors (Lipinski definition) is 0. The zero-order chi connectivity index (χ0) is 18.8. The number of aromatic nitrogens is 5. The van der Waals surface area contributed by atoms with Crippen LogP contribution < -0.4 is 0 Å². The number of fused-ring (bicyclic) bond motifs is 1. The molecule has 2 aliphatic rings. The van der Waals surface area contributed by atoms with Crippen LogP contribution in [0.3, 0.4) is 0 Å². The van der Waals surface area contributed by atoms with Gasteiger partial charge < -0.3 is 14.5 Å². The molecule has 0 aromatic carbocycles. The molecule has 2 aromatic rings. The average Bonchev–Trinajstić information content (AvgIpc) is 3.40. The number of amides is 1. The second-order valence-electron chi connectivity index (χ2n) is 7.23. The molecule has 4 rings (SSSR count). The van der Waals surface area contributed by atoms with Gasteiger partial charge in [-0.05, 0) is 44.4 Å². The number of rotatable bonds is 6. The highest BCUT2D eigenvalue weighted by Gasteiger charge is 2.34. The summed E-state index contributed by atoms with van der Waals surface area (Å²) in [6, 6.07) is 0. The minimum atomic E-state index is -0.0976. The van der Waals surface area contributed by atoms with Crippen molar-refractivity contribution in [1.29, 1.82) is 0 Å². The molecule has 0 radical (unpaired) electrons. The van der Waals surface area contributed by atoms with Gasteiger partial charge >= 0.3 is 0 Å². The lowest BCUT2D eigenvalue weighted by Crippen LogP contribution is -2.40. The molecule has 0 N–H and O–H groups in total. The van der Waals surface area contributed by atoms with Gasteiger partial charge in [-0.1, -0.05) is 9.70 Å². The van der Waals surface area contributed by atoms with Gasteiger partial charge in [0.15, 0.2) is 5.69 Å². The molecular formula is C17H25N7O2S. The Morgan fingerprint density at radius 2 is 2.11 bits per heavy atom. The molecule has 0 unspecified atom stereocenters. The Balaban J connectivity index is 1.42. The average molecular weight is 392 g/mol. The van der Waals surface area contributed by atoms with Crippen LogP contribution in [0.5, 0.6) is 0 Å². The van der Waals surface area contributed by atoms with Crippen LogP contribution in [0.15, 0.2) is 0 Å². The fourth-order valence-corrected chi connectivity index (χ4v) is 4.37. The normalized spacial score (nSPS) is 20.2. The van der Waals surface area contributed by atoms with Crippen molar-refractivity contribution in [3.63, 3.8) is 0 Å². The van der Waals surface area contributed by atoms with E-state index in [2.05, 4.69) is 24.8 Å². The number of likely N-dealkylation sites (tertiary alicyclic amines) is 1. The van der Waals surface area contributed by atoms with Crippen LogP contribution in [0.25, 0.3) is 0 Å². The molecule has 0 aliphatic carbocycles. The topological polar surface area (TPSA) is 89.3 Å². The Hall–Kier alpha value is -1.91. The summed E-state index contributed by atoms with van der Waals surface area (Å²) in [7, 11) is 1.90. The molecule has 146 valence electrons. The molecule has 1 atom stereocenters. The smallest absolute Gasteiger partial charge is 0.275 e. The highest BCUT2D eigenvalue weighted by Crippen LogP contribution is 2.28. The molecule has 1 amide bonds. The standard InChI is InChI=1S/C17H25N7O2S/c1-12-15(19-21-27-12)17(25)24-9-13(16-14(10-24)18-20-22(16)2)11-26-8-7-23-5-3-4-6-23/h13H,3-11H2,1-2H3/t13-/m1/s1. The molecule has 4 heterocycles. The van der Waals surface area contributed by atoms with E-state index in [0.717, 1.165) is 22.8 Å². The Kier molecular flexibility index (Phi) is 5.46. The summed E-state index contributed by atoms with van der Waals surface area (Å²) in [6.07, 6.45) is 2.57. The van der Waals surface area contributed by atoms with Gasteiger partial charge in [0.1, 0.15) is 5.69 Å². The molecule has 1 fully saturated rings. The van der Waals surface area contributed by atoms with Gasteiger partial charge in [-0.2, -0.15) is 0 Å². The quantitative estimate of drug-likeness (QED) is 0.674. The van der Waals surface area contributed by atoms with Gasteiger partial charge in [0.25, 0.3) is 5.91 Å². The van der Waals surface area contributed by atoms with E-state index >= 15 is 0 Å². The third-order valence-corrected chi connectivity index (χ3v) is 5.95. The molecule has 2 aromatic heterocycles. The monoisotopic (exact) mass is 391 g/mol. The zero-order valence-electron chi connectivity index (χ0n) is 15.8. The van der Waals surface area contributed by atoms with Gasteiger partial charge in [0, 0.05) is 26.1 Å². The fraction of sp³-hybridized carbons (Fsp3) is 0.706. The summed E-state index contributed by atoms with van der Waals surface area (Å²) >= 11 is 1.25. The van der Waals surface area contributed by atoms with Gasteiger partial charge in [-0.15, -0.1) is 10.2 Å². The first-order valence-corrected chi connectivity index (χ1v) is 10.2. The van der Waals surface area contributed by atoms with Crippen molar-refractivity contribution in [2.45, 2.75) is 32.2 Å². The van der Waals surface area contributed by atoms with E-state index in [4.69, 9.17) is 4.74 Å². The number of nitrogens with zero attached hydrogens (tertiary/aromatic N) is 7. The predicted molar refractivity (Wildman–Crippen MR) is 99.6 cm³/mol. The predicted octanol–water partition coefficient (Wildman–Crippen LogP) is 0.827. The molecule has 9 nitrogen and oxygen atoms in total. The summed E-state index contributed by atoms with van der Waals surface area (Å²) in [4.78, 5) is 17.9. The summed E-state index contributed by atoms with van der Waals surface area (Å²) < 4.78 is 11.7. The maximum atomic E-state index is 12.9. The Morgan fingerprint density at radius 3 is 2.85 bits per heavy atom. The first-order chi connectivity index (χ1) is 13.1. The van der Waals surface area contributed by atoms with Crippen molar-refractivity contribution in [2.24, 2.45) is 7.05 Å². The number of hydrogen-bond acceptors (Lipinski definition) is 8. The largest absolute Gasteiger partial charge is 0.379 e. The lowest BCUT2D eigenvalue weighted by molar-refractivity contribution is 0.0598. The van der Waals surface area contributed by atoms with Crippen LogP contribution >= 0.6 is 11.5 Å². The third kappa shape index (κ3) is 3.87. The Bertz CT molecular complexity index is 799. The van der Waals surface area contributed by atoms with E-state index in [9.17, 15) is 4.79 Å². The highest BCUT2D eigenvalue weighted by molar-refractivity contribution is 7.05. The number of ether oxygens (including phenoxy) is 1. The maximum Gasteiger partial charge on any atom is 0.275 e. The van der Waals surface area contributed by atoms with E-state index in [1.807, 2.05) is 14.0 Å². The van der Waals surface area contributed by atoms with Crippen molar-refractivity contribution < 1.29 is 9.53 Å². The van der Waals surface area contributed by atoms with Crippen LogP contribution in [-0.2, 0) is 18.3 Å². The van der Waals surface area contributed by atoms with Crippen molar-refractivity contribution in [3.8, 4) is 0 Å². The highest BCUT2D eigenvalue weighted by atomic mass is 32.1. The van der Waals surface area contributed by atoms with Crippen molar-refractivity contribution in [3.05, 3.63) is 22.0 Å². The summed E-state index contributed by atoms with van der Waals surface area (Å²) in [6.45, 7) is 7.47. The molecule has 0 saturated carbocycles. The van der Waals surface area contributed by atoms with Gasteiger partial charge in [0.2, 0.25) is 0 Å². The molecular weight excluding hydrogens is 366 g/mol. The van der Waals surface area contributed by atoms with Crippen molar-refractivity contribution in [2.75, 3.05) is 39.4 Å². The first kappa shape index (κ1) is 18.5. The molecule has 10 heteroatoms. The van der Waals surface area contributed by atoms with Crippen LogP contribution in [0.1, 0.15) is 45.5 Å². The number of aryl methyl sites for hydroxylation is 2. The zero-order valence-corrected chi connectivity index (χ0v) is 16.6. The Labute approximate surface area is 162 Å². The Morgan fingerprint density at radius 1 is 1.30 bits per heavy atom. The lowest BCUT2D eigenvalue weighted by Gasteiger charge is -2.32. The number of carbonyl (C=O) groups excluding carboxylic acids is 1. The van der Waals surface area contributed by atoms with Gasteiger partial charge in [0.05, 0.1) is 30.3 Å². The van der Waals surface area contributed by atoms with Crippen molar-refractivity contribution >= 4 is 17.4 Å². The minimum absolute atomic E-state index is 0.0585. The summed E-state index contributed by atoms with van der Waals surface area (Å²) in [5.74, 6) is -0.0391. The molecule has 0 spiro atoms. The van der Waals surface area contributed by atoms with Crippen LogP contribution in [0.4, 0.5) is 0 Å². The van der Waals surface area contributed by atoms with Crippen LogP contribution in [0.2, 0.25) is 0 Å². The minimum Gasteiger partial charge on any atom is -0.379 e. The molecule has 27 heavy (non-hydrogen) atoms. The molecule has 1 saturated heterocycles.